The Bertz CT molecular complexity index is 1510. The van der Waals surface area contributed by atoms with Crippen LogP contribution in [0.25, 0.3) is 0 Å². The molecule has 14 atom stereocenters. The lowest BCUT2D eigenvalue weighted by atomic mass is 9.56. The number of fused-ring (bicyclic) bond motifs is 3. The number of alkyl carbamates (subject to hydrolysis) is 1. The van der Waals surface area contributed by atoms with Crippen LogP contribution < -0.4 is 5.32 Å². The molecule has 0 radical (unpaired) electrons. The van der Waals surface area contributed by atoms with Crippen molar-refractivity contribution in [3.8, 4) is 0 Å². The number of aliphatic hydroxyl groups is 5. The molecule has 1 unspecified atom stereocenters. The van der Waals surface area contributed by atoms with Gasteiger partial charge in [0, 0.05) is 43.9 Å². The van der Waals surface area contributed by atoms with Crippen LogP contribution in [0.15, 0.2) is 11.1 Å². The standard InChI is InChI=1S/C38H59NO14/c1-16(2)12-21(39-33(47)53-34(6,7)8)27(43)31(45)52-23-14-37(35(9,10)48)25(17(23)3)28(50-18(4)40)29(44)36(11)24(42)13-22-20(15-49-22)26-30(51-19(5)41)38(26,36)32(37)46/h16,20-24,26-30,32,42-44,46,48H,12-15H2,1-11H3,(H,39,47)/t20-,21+,22-,23+,24+,26?,27-,28+,29+,30-,32-,36+,37+,38+/m1/s1. The molecule has 15 nitrogen and oxygen atoms in total. The van der Waals surface area contributed by atoms with Gasteiger partial charge in [-0.2, -0.15) is 0 Å². The fourth-order valence-corrected chi connectivity index (χ4v) is 10.4. The molecule has 1 heterocycles. The fourth-order valence-electron chi connectivity index (χ4n) is 10.4. The summed E-state index contributed by atoms with van der Waals surface area (Å²) >= 11 is 0. The first kappa shape index (κ1) is 41.3. The van der Waals surface area contributed by atoms with Crippen LogP contribution in [0.2, 0.25) is 0 Å². The number of hydrogen-bond acceptors (Lipinski definition) is 14. The summed E-state index contributed by atoms with van der Waals surface area (Å²) in [6.07, 6.45) is -11.8. The number of esters is 3. The molecule has 53 heavy (non-hydrogen) atoms. The second kappa shape index (κ2) is 13.7. The summed E-state index contributed by atoms with van der Waals surface area (Å²) in [6, 6.07) is -1.11. The summed E-state index contributed by atoms with van der Waals surface area (Å²) < 4.78 is 29.0. The Morgan fingerprint density at radius 3 is 2.09 bits per heavy atom. The molecule has 5 aliphatic rings. The maximum Gasteiger partial charge on any atom is 0.407 e. The molecule has 0 aromatic rings. The molecule has 0 bridgehead atoms. The molecule has 1 amide bonds. The molecule has 5 rings (SSSR count). The van der Waals surface area contributed by atoms with Crippen molar-refractivity contribution in [3.05, 3.63) is 11.1 Å². The van der Waals surface area contributed by atoms with Crippen LogP contribution in [0, 0.1) is 34.0 Å². The van der Waals surface area contributed by atoms with Crippen LogP contribution in [0.1, 0.15) is 95.4 Å². The molecule has 1 saturated heterocycles. The Hall–Kier alpha value is -2.82. The van der Waals surface area contributed by atoms with Crippen molar-refractivity contribution in [2.24, 2.45) is 34.0 Å². The van der Waals surface area contributed by atoms with Gasteiger partial charge in [0.25, 0.3) is 0 Å². The minimum atomic E-state index is -1.89. The monoisotopic (exact) mass is 753 g/mol. The molecular formula is C38H59NO14. The summed E-state index contributed by atoms with van der Waals surface area (Å²) in [6.45, 7) is 17.4. The van der Waals surface area contributed by atoms with Crippen molar-refractivity contribution < 1.29 is 68.4 Å². The highest BCUT2D eigenvalue weighted by molar-refractivity contribution is 5.77. The van der Waals surface area contributed by atoms with E-state index in [4.69, 9.17) is 23.7 Å². The highest BCUT2D eigenvalue weighted by atomic mass is 16.6. The average molecular weight is 754 g/mol. The van der Waals surface area contributed by atoms with Gasteiger partial charge < -0.3 is 54.5 Å². The normalized spacial score (nSPS) is 40.1. The number of carbonyl (C=O) groups is 4. The summed E-state index contributed by atoms with van der Waals surface area (Å²) in [4.78, 5) is 52.0. The van der Waals surface area contributed by atoms with E-state index in [1.54, 1.807) is 34.6 Å². The van der Waals surface area contributed by atoms with Crippen molar-refractivity contribution in [3.63, 3.8) is 0 Å². The number of ether oxygens (including phenoxy) is 5. The Kier molecular flexibility index (Phi) is 10.7. The van der Waals surface area contributed by atoms with E-state index in [0.717, 1.165) is 6.92 Å². The zero-order valence-electron chi connectivity index (χ0n) is 32.7. The van der Waals surface area contributed by atoms with Crippen LogP contribution in [0.3, 0.4) is 0 Å². The Labute approximate surface area is 310 Å². The average Bonchev–Trinajstić information content (AvgIpc) is 3.53. The van der Waals surface area contributed by atoms with E-state index >= 15 is 0 Å². The lowest BCUT2D eigenvalue weighted by Gasteiger charge is -2.51. The molecule has 0 aromatic carbocycles. The zero-order chi connectivity index (χ0) is 40.0. The summed E-state index contributed by atoms with van der Waals surface area (Å²) in [7, 11) is 0. The van der Waals surface area contributed by atoms with Gasteiger partial charge in [-0.1, -0.05) is 20.8 Å². The Morgan fingerprint density at radius 2 is 1.60 bits per heavy atom. The molecule has 4 fully saturated rings. The number of carbonyl (C=O) groups excluding carboxylic acids is 4. The number of hydrogen-bond donors (Lipinski definition) is 6. The molecule has 15 heteroatoms. The van der Waals surface area contributed by atoms with E-state index in [0.29, 0.717) is 0 Å². The van der Waals surface area contributed by atoms with Gasteiger partial charge in [-0.15, -0.1) is 0 Å². The number of nitrogens with one attached hydrogen (secondary N) is 1. The third-order valence-corrected chi connectivity index (χ3v) is 12.7. The number of amides is 1. The van der Waals surface area contributed by atoms with E-state index in [1.807, 2.05) is 13.8 Å². The first-order valence-corrected chi connectivity index (χ1v) is 18.6. The molecular weight excluding hydrogens is 694 g/mol. The fraction of sp³-hybridized carbons (Fsp3) is 0.842. The molecule has 0 aromatic heterocycles. The van der Waals surface area contributed by atoms with Gasteiger partial charge in [-0.3, -0.25) is 9.59 Å². The predicted molar refractivity (Wildman–Crippen MR) is 186 cm³/mol. The Balaban J connectivity index is 1.63. The van der Waals surface area contributed by atoms with Crippen LogP contribution in [0.5, 0.6) is 0 Å². The molecule has 300 valence electrons. The second-order valence-electron chi connectivity index (χ2n) is 18.0. The van der Waals surface area contributed by atoms with E-state index in [9.17, 15) is 44.7 Å². The van der Waals surface area contributed by atoms with Gasteiger partial charge in [0.1, 0.15) is 23.9 Å². The van der Waals surface area contributed by atoms with Crippen LogP contribution >= 0.6 is 0 Å². The van der Waals surface area contributed by atoms with Gasteiger partial charge in [-0.05, 0) is 65.0 Å². The van der Waals surface area contributed by atoms with Crippen molar-refractivity contribution in [2.45, 2.75) is 161 Å². The smallest absolute Gasteiger partial charge is 0.407 e. The lowest BCUT2D eigenvalue weighted by Crippen LogP contribution is -2.61. The maximum atomic E-state index is 13.8. The lowest BCUT2D eigenvalue weighted by molar-refractivity contribution is -0.202. The van der Waals surface area contributed by atoms with Crippen LogP contribution in [-0.4, -0.2) is 122 Å². The second-order valence-corrected chi connectivity index (χ2v) is 18.0. The van der Waals surface area contributed by atoms with Gasteiger partial charge in [-0.25, -0.2) is 9.59 Å². The van der Waals surface area contributed by atoms with Crippen molar-refractivity contribution in [1.29, 1.82) is 0 Å². The van der Waals surface area contributed by atoms with Crippen molar-refractivity contribution in [2.75, 3.05) is 6.61 Å². The van der Waals surface area contributed by atoms with E-state index in [2.05, 4.69) is 5.32 Å². The molecule has 4 aliphatic carbocycles. The van der Waals surface area contributed by atoms with Gasteiger partial charge in [0.05, 0.1) is 47.4 Å². The minimum Gasteiger partial charge on any atom is -0.461 e. The van der Waals surface area contributed by atoms with Crippen molar-refractivity contribution in [1.82, 2.24) is 5.32 Å². The summed E-state index contributed by atoms with van der Waals surface area (Å²) in [5.74, 6) is -3.55. The number of rotatable bonds is 9. The highest BCUT2D eigenvalue weighted by Gasteiger charge is 2.89. The van der Waals surface area contributed by atoms with E-state index in [-0.39, 0.29) is 48.9 Å². The minimum absolute atomic E-state index is 0.0697. The zero-order valence-corrected chi connectivity index (χ0v) is 32.7. The third kappa shape index (κ3) is 6.46. The van der Waals surface area contributed by atoms with E-state index in [1.165, 1.54) is 20.8 Å². The van der Waals surface area contributed by atoms with Gasteiger partial charge in [0.2, 0.25) is 0 Å². The molecule has 1 aliphatic heterocycles. The SMILES string of the molecule is CC(=O)O[C@@H]1C2[C@@H]3CO[C@@H]3C[C@H](O)[C@@]3(C)[C@@H](O)[C@@H](OC(C)=O)C4=C(C)[C@@H](OC(=O)[C@H](O)[C@H](CC(C)C)NC(=O)OC(C)(C)C)C[C@@]4(C(C)(C)O)[C@@H](O)[C@]213. The van der Waals surface area contributed by atoms with E-state index < -0.39 is 112 Å². The van der Waals surface area contributed by atoms with Gasteiger partial charge in [0.15, 0.2) is 12.2 Å². The highest BCUT2D eigenvalue weighted by Crippen LogP contribution is 2.80. The van der Waals surface area contributed by atoms with Crippen LogP contribution in [-0.2, 0) is 38.1 Å². The van der Waals surface area contributed by atoms with Gasteiger partial charge >= 0.3 is 24.0 Å². The third-order valence-electron chi connectivity index (χ3n) is 12.7. The summed E-state index contributed by atoms with van der Waals surface area (Å²) in [5.41, 5.74) is -7.51. The predicted octanol–water partition coefficient (Wildman–Crippen LogP) is 1.68. The number of aliphatic hydroxyl groups excluding tert-OH is 4. The molecule has 1 spiro atoms. The Morgan fingerprint density at radius 1 is 1.00 bits per heavy atom. The first-order valence-electron chi connectivity index (χ1n) is 18.6. The molecule has 6 N–H and O–H groups in total. The summed E-state index contributed by atoms with van der Waals surface area (Å²) in [5, 5.41) is 63.9. The topological polar surface area (TPSA) is 228 Å². The van der Waals surface area contributed by atoms with Crippen LogP contribution in [0.4, 0.5) is 4.79 Å². The van der Waals surface area contributed by atoms with Crippen molar-refractivity contribution >= 4 is 24.0 Å². The quantitative estimate of drug-likeness (QED) is 0.112. The first-order chi connectivity index (χ1) is 24.3. The largest absolute Gasteiger partial charge is 0.461 e. The molecule has 3 saturated carbocycles. The maximum absolute atomic E-state index is 13.8.